The Morgan fingerprint density at radius 1 is 1.26 bits per heavy atom. The second kappa shape index (κ2) is 8.79. The van der Waals surface area contributed by atoms with Crippen molar-refractivity contribution in [2.45, 2.75) is 32.7 Å². The summed E-state index contributed by atoms with van der Waals surface area (Å²) in [6, 6.07) is 4.66. The zero-order chi connectivity index (χ0) is 22.9. The molecule has 3 aromatic rings. The Kier molecular flexibility index (Phi) is 6.51. The molecule has 1 atom stereocenters. The van der Waals surface area contributed by atoms with E-state index in [0.29, 0.717) is 11.3 Å². The van der Waals surface area contributed by atoms with E-state index in [9.17, 15) is 26.7 Å². The highest BCUT2D eigenvalue weighted by molar-refractivity contribution is 7.14. The van der Waals surface area contributed by atoms with Crippen molar-refractivity contribution in [3.63, 3.8) is 0 Å². The molecule has 1 amide bonds. The van der Waals surface area contributed by atoms with E-state index >= 15 is 0 Å². The number of anilines is 1. The molecule has 0 radical (unpaired) electrons. The number of hydrogen-bond acceptors (Lipinski definition) is 5. The van der Waals surface area contributed by atoms with Crippen LogP contribution in [0.4, 0.5) is 27.1 Å². The normalized spacial score (nSPS) is 12.8. The maximum Gasteiger partial charge on any atom is 0.436 e. The minimum atomic E-state index is -4.75. The number of ether oxygens (including phenoxy) is 1. The van der Waals surface area contributed by atoms with Crippen LogP contribution in [0, 0.1) is 6.92 Å². The topological polar surface area (TPSA) is 69.0 Å². The summed E-state index contributed by atoms with van der Waals surface area (Å²) < 4.78 is 68.6. The number of amides is 1. The maximum atomic E-state index is 13.0. The fourth-order valence-electron chi connectivity index (χ4n) is 2.65. The summed E-state index contributed by atoms with van der Waals surface area (Å²) in [6.45, 7) is -0.228. The zero-order valence-electron chi connectivity index (χ0n) is 15.9. The van der Waals surface area contributed by atoms with Gasteiger partial charge in [-0.3, -0.25) is 9.48 Å². The van der Waals surface area contributed by atoms with Crippen molar-refractivity contribution < 1.29 is 31.5 Å². The van der Waals surface area contributed by atoms with E-state index in [2.05, 4.69) is 20.1 Å². The highest BCUT2D eigenvalue weighted by atomic mass is 35.5. The maximum absolute atomic E-state index is 13.0. The van der Waals surface area contributed by atoms with Crippen molar-refractivity contribution in [1.29, 1.82) is 0 Å². The van der Waals surface area contributed by atoms with Gasteiger partial charge in [-0.15, -0.1) is 11.3 Å². The Hall–Kier alpha value is -2.73. The molecule has 0 aliphatic heterocycles. The van der Waals surface area contributed by atoms with Crippen LogP contribution in [0.25, 0.3) is 11.3 Å². The molecule has 0 saturated carbocycles. The first-order chi connectivity index (χ1) is 14.5. The molecule has 166 valence electrons. The molecule has 1 unspecified atom stereocenters. The summed E-state index contributed by atoms with van der Waals surface area (Å²) >= 11 is 6.81. The third kappa shape index (κ3) is 5.13. The molecule has 1 aromatic carbocycles. The average Bonchev–Trinajstić information content (AvgIpc) is 3.26. The average molecular weight is 481 g/mol. The summed E-state index contributed by atoms with van der Waals surface area (Å²) in [5, 5.41) is 7.22. The summed E-state index contributed by atoms with van der Waals surface area (Å²) in [6.07, 6.45) is -4.75. The second-order valence-electron chi connectivity index (χ2n) is 6.30. The van der Waals surface area contributed by atoms with E-state index in [-0.39, 0.29) is 16.6 Å². The standard InChI is InChI=1S/C18H14ClF5N4O2S/c1-8-13(19)14(18(22,23)24)27-28(8)9(2)15(29)26-17-25-12(7-31-17)10-3-5-11(6-4-10)30-16(20)21/h3-7,9,16H,1-2H3,(H,25,26,29). The molecule has 0 spiro atoms. The van der Waals surface area contributed by atoms with Gasteiger partial charge < -0.3 is 10.1 Å². The van der Waals surface area contributed by atoms with Crippen LogP contribution in [0.1, 0.15) is 24.4 Å². The Bertz CT molecular complexity index is 1080. The SMILES string of the molecule is Cc1c(Cl)c(C(F)(F)F)nn1C(C)C(=O)Nc1nc(-c2ccc(OC(F)F)cc2)cs1. The van der Waals surface area contributed by atoms with Crippen molar-refractivity contribution in [1.82, 2.24) is 14.8 Å². The quantitative estimate of drug-likeness (QED) is 0.453. The van der Waals surface area contributed by atoms with Gasteiger partial charge in [0.1, 0.15) is 11.8 Å². The number of alkyl halides is 5. The van der Waals surface area contributed by atoms with Gasteiger partial charge >= 0.3 is 12.8 Å². The molecule has 13 heteroatoms. The van der Waals surface area contributed by atoms with Crippen LogP contribution in [0.2, 0.25) is 5.02 Å². The lowest BCUT2D eigenvalue weighted by Crippen LogP contribution is -2.25. The number of rotatable bonds is 6. The largest absolute Gasteiger partial charge is 0.436 e. The van der Waals surface area contributed by atoms with Crippen LogP contribution in [0.5, 0.6) is 5.75 Å². The number of carbonyl (C=O) groups is 1. The molecular weight excluding hydrogens is 467 g/mol. The molecule has 2 heterocycles. The van der Waals surface area contributed by atoms with Gasteiger partial charge in [-0.1, -0.05) is 11.6 Å². The van der Waals surface area contributed by atoms with Crippen molar-refractivity contribution >= 4 is 34.0 Å². The third-order valence-corrected chi connectivity index (χ3v) is 5.41. The highest BCUT2D eigenvalue weighted by Gasteiger charge is 2.39. The van der Waals surface area contributed by atoms with E-state index in [1.54, 1.807) is 5.38 Å². The van der Waals surface area contributed by atoms with Crippen LogP contribution in [0.3, 0.4) is 0 Å². The molecular formula is C18H14ClF5N4O2S. The smallest absolute Gasteiger partial charge is 0.435 e. The lowest BCUT2D eigenvalue weighted by atomic mass is 10.2. The molecule has 6 nitrogen and oxygen atoms in total. The van der Waals surface area contributed by atoms with E-state index in [1.807, 2.05) is 0 Å². The summed E-state index contributed by atoms with van der Waals surface area (Å²) in [4.78, 5) is 16.7. The fraction of sp³-hybridized carbons (Fsp3) is 0.278. The molecule has 2 aromatic heterocycles. The van der Waals surface area contributed by atoms with Gasteiger partial charge in [0, 0.05) is 10.9 Å². The fourth-order valence-corrected chi connectivity index (χ4v) is 3.60. The Morgan fingerprint density at radius 2 is 1.90 bits per heavy atom. The number of thiazole rings is 1. The van der Waals surface area contributed by atoms with E-state index in [0.717, 1.165) is 16.0 Å². The molecule has 1 N–H and O–H groups in total. The molecule has 0 saturated heterocycles. The van der Waals surface area contributed by atoms with E-state index in [1.165, 1.54) is 38.1 Å². The van der Waals surface area contributed by atoms with Gasteiger partial charge in [-0.05, 0) is 38.1 Å². The number of aromatic nitrogens is 3. The van der Waals surface area contributed by atoms with Crippen molar-refractivity contribution in [2.75, 3.05) is 5.32 Å². The summed E-state index contributed by atoms with van der Waals surface area (Å²) in [5.74, 6) is -0.652. The highest BCUT2D eigenvalue weighted by Crippen LogP contribution is 2.36. The van der Waals surface area contributed by atoms with Crippen molar-refractivity contribution in [3.8, 4) is 17.0 Å². The molecule has 0 aliphatic carbocycles. The molecule has 31 heavy (non-hydrogen) atoms. The molecule has 0 fully saturated rings. The lowest BCUT2D eigenvalue weighted by Gasteiger charge is -2.13. The number of carbonyl (C=O) groups excluding carboxylic acids is 1. The van der Waals surface area contributed by atoms with Gasteiger partial charge in [-0.2, -0.15) is 27.1 Å². The first kappa shape index (κ1) is 22.9. The number of nitrogens with zero attached hydrogens (tertiary/aromatic N) is 3. The minimum Gasteiger partial charge on any atom is -0.435 e. The third-order valence-electron chi connectivity index (χ3n) is 4.20. The summed E-state index contributed by atoms with van der Waals surface area (Å²) in [5.41, 5.74) is -0.199. The van der Waals surface area contributed by atoms with Crippen LogP contribution in [-0.2, 0) is 11.0 Å². The van der Waals surface area contributed by atoms with Crippen molar-refractivity contribution in [2.24, 2.45) is 0 Å². The monoisotopic (exact) mass is 480 g/mol. The molecule has 0 bridgehead atoms. The van der Waals surface area contributed by atoms with E-state index < -0.39 is 35.5 Å². The number of benzene rings is 1. The second-order valence-corrected chi connectivity index (χ2v) is 7.53. The first-order valence-electron chi connectivity index (χ1n) is 8.60. The predicted octanol–water partition coefficient (Wildman–Crippen LogP) is 5.79. The number of nitrogens with one attached hydrogen (secondary N) is 1. The van der Waals surface area contributed by atoms with Gasteiger partial charge in [0.2, 0.25) is 0 Å². The van der Waals surface area contributed by atoms with Gasteiger partial charge in [0.25, 0.3) is 5.91 Å². The van der Waals surface area contributed by atoms with Crippen LogP contribution in [0.15, 0.2) is 29.6 Å². The zero-order valence-corrected chi connectivity index (χ0v) is 17.4. The van der Waals surface area contributed by atoms with Crippen LogP contribution >= 0.6 is 22.9 Å². The minimum absolute atomic E-state index is 0.00238. The molecule has 0 aliphatic rings. The Morgan fingerprint density at radius 3 is 2.45 bits per heavy atom. The Balaban J connectivity index is 1.73. The number of hydrogen-bond donors (Lipinski definition) is 1. The van der Waals surface area contributed by atoms with Crippen LogP contribution < -0.4 is 10.1 Å². The van der Waals surface area contributed by atoms with Gasteiger partial charge in [0.05, 0.1) is 16.4 Å². The van der Waals surface area contributed by atoms with Gasteiger partial charge in [0.15, 0.2) is 10.8 Å². The predicted molar refractivity (Wildman–Crippen MR) is 104 cm³/mol. The van der Waals surface area contributed by atoms with Crippen molar-refractivity contribution in [3.05, 3.63) is 46.1 Å². The summed E-state index contributed by atoms with van der Waals surface area (Å²) in [7, 11) is 0. The lowest BCUT2D eigenvalue weighted by molar-refractivity contribution is -0.141. The Labute approximate surface area is 181 Å². The van der Waals surface area contributed by atoms with Crippen LogP contribution in [-0.4, -0.2) is 27.3 Å². The number of halogens is 6. The first-order valence-corrected chi connectivity index (χ1v) is 9.86. The van der Waals surface area contributed by atoms with Gasteiger partial charge in [-0.25, -0.2) is 4.98 Å². The molecule has 3 rings (SSSR count). The van der Waals surface area contributed by atoms with E-state index in [4.69, 9.17) is 11.6 Å².